The summed E-state index contributed by atoms with van der Waals surface area (Å²) in [6.45, 7) is 0.324. The second-order valence-corrected chi connectivity index (χ2v) is 12.8. The van der Waals surface area contributed by atoms with Crippen LogP contribution >= 0.6 is 23.1 Å². The van der Waals surface area contributed by atoms with Gasteiger partial charge in [0, 0.05) is 16.4 Å². The van der Waals surface area contributed by atoms with Gasteiger partial charge in [0.15, 0.2) is 0 Å². The Labute approximate surface area is 259 Å². The second kappa shape index (κ2) is 15.3. The molecule has 2 aromatic carbocycles. The van der Waals surface area contributed by atoms with Gasteiger partial charge in [0.05, 0.1) is 36.7 Å². The molecule has 232 valence electrons. The van der Waals surface area contributed by atoms with Crippen molar-refractivity contribution in [2.75, 3.05) is 26.0 Å². The van der Waals surface area contributed by atoms with E-state index in [0.717, 1.165) is 16.9 Å². The number of nitrogens with one attached hydrogen (secondary N) is 1. The Bertz CT molecular complexity index is 1770. The monoisotopic (exact) mass is 661 g/mol. The van der Waals surface area contributed by atoms with Crippen molar-refractivity contribution in [3.63, 3.8) is 0 Å². The van der Waals surface area contributed by atoms with Crippen molar-refractivity contribution in [2.24, 2.45) is 10.3 Å². The molecule has 4 rings (SSSR count). The van der Waals surface area contributed by atoms with Crippen LogP contribution in [-0.2, 0) is 43.3 Å². The third-order valence-electron chi connectivity index (χ3n) is 5.66. The quantitative estimate of drug-likeness (QED) is 0.0582. The molecule has 0 fully saturated rings. The third kappa shape index (κ3) is 9.55. The fourth-order valence-electron chi connectivity index (χ4n) is 3.70. The number of amides is 1. The van der Waals surface area contributed by atoms with E-state index in [1.807, 2.05) is 18.2 Å². The lowest BCUT2D eigenvalue weighted by Crippen LogP contribution is -2.44. The molecule has 2 heterocycles. The van der Waals surface area contributed by atoms with Gasteiger partial charge in [-0.05, 0) is 41.4 Å². The first-order chi connectivity index (χ1) is 21.1. The topological polar surface area (TPSA) is 226 Å². The molecule has 3 N–H and O–H groups in total. The van der Waals surface area contributed by atoms with Gasteiger partial charge in [0.2, 0.25) is 10.2 Å². The van der Waals surface area contributed by atoms with E-state index in [2.05, 4.69) is 30.6 Å². The number of rotatable bonds is 16. The van der Waals surface area contributed by atoms with Gasteiger partial charge in [-0.1, -0.05) is 22.5 Å². The zero-order chi connectivity index (χ0) is 31.5. The Morgan fingerprint density at radius 2 is 2.05 bits per heavy atom. The summed E-state index contributed by atoms with van der Waals surface area (Å²) < 4.78 is 41.0. The van der Waals surface area contributed by atoms with Crippen molar-refractivity contribution in [1.82, 2.24) is 25.3 Å². The maximum atomic E-state index is 12.7. The van der Waals surface area contributed by atoms with Crippen molar-refractivity contribution in [2.45, 2.75) is 29.3 Å². The molecule has 0 bridgehead atoms. The number of sulfonamides is 1. The predicted molar refractivity (Wildman–Crippen MR) is 161 cm³/mol. The van der Waals surface area contributed by atoms with E-state index >= 15 is 0 Å². The zero-order valence-electron chi connectivity index (χ0n) is 23.2. The van der Waals surface area contributed by atoms with Gasteiger partial charge in [0.25, 0.3) is 10.0 Å². The zero-order valence-corrected chi connectivity index (χ0v) is 25.7. The largest absolute Gasteiger partial charge is 0.493 e. The summed E-state index contributed by atoms with van der Waals surface area (Å²) in [4.78, 5) is 31.7. The van der Waals surface area contributed by atoms with Crippen molar-refractivity contribution >= 4 is 55.2 Å². The van der Waals surface area contributed by atoms with Crippen molar-refractivity contribution in [1.29, 1.82) is 0 Å². The van der Waals surface area contributed by atoms with Gasteiger partial charge in [0.1, 0.15) is 36.4 Å². The molecular weight excluding hydrogens is 635 g/mol. The molecule has 0 aliphatic carbocycles. The minimum Gasteiger partial charge on any atom is -0.493 e. The number of benzene rings is 2. The van der Waals surface area contributed by atoms with Crippen LogP contribution in [-0.4, -0.2) is 72.3 Å². The lowest BCUT2D eigenvalue weighted by molar-refractivity contribution is -0.144. The van der Waals surface area contributed by atoms with E-state index in [1.165, 1.54) is 29.8 Å². The molecule has 0 aliphatic heterocycles. The Morgan fingerprint density at radius 3 is 2.82 bits per heavy atom. The minimum absolute atomic E-state index is 0.0371. The van der Waals surface area contributed by atoms with Gasteiger partial charge in [-0.2, -0.15) is 11.8 Å². The lowest BCUT2D eigenvalue weighted by Gasteiger charge is -2.16. The molecule has 0 saturated carbocycles. The van der Waals surface area contributed by atoms with Gasteiger partial charge in [-0.15, -0.1) is 16.4 Å². The molecule has 44 heavy (non-hydrogen) atoms. The second-order valence-electron chi connectivity index (χ2n) is 8.96. The van der Waals surface area contributed by atoms with Gasteiger partial charge < -0.3 is 19.5 Å². The molecule has 0 saturated heterocycles. The van der Waals surface area contributed by atoms with E-state index in [9.17, 15) is 18.0 Å². The van der Waals surface area contributed by atoms with Crippen LogP contribution in [0, 0.1) is 0 Å². The van der Waals surface area contributed by atoms with Gasteiger partial charge >= 0.3 is 5.97 Å². The summed E-state index contributed by atoms with van der Waals surface area (Å²) in [6, 6.07) is 11.4. The molecule has 0 radical (unpaired) electrons. The van der Waals surface area contributed by atoms with Crippen LogP contribution < -0.4 is 19.9 Å². The van der Waals surface area contributed by atoms with E-state index in [0.29, 0.717) is 33.2 Å². The fourth-order valence-corrected chi connectivity index (χ4v) is 6.37. The molecule has 16 nitrogen and oxygen atoms in total. The highest BCUT2D eigenvalue weighted by molar-refractivity contribution is 7.98. The highest BCUT2D eigenvalue weighted by atomic mass is 32.2. The lowest BCUT2D eigenvalue weighted by atomic mass is 10.2. The van der Waals surface area contributed by atoms with Crippen LogP contribution in [0.3, 0.4) is 0 Å². The Hall–Kier alpha value is -4.42. The van der Waals surface area contributed by atoms with Crippen LogP contribution in [0.2, 0.25) is 0 Å². The van der Waals surface area contributed by atoms with Crippen LogP contribution in [0.5, 0.6) is 11.5 Å². The van der Waals surface area contributed by atoms with Crippen LogP contribution in [0.25, 0.3) is 20.7 Å². The highest BCUT2D eigenvalue weighted by Crippen LogP contribution is 2.28. The summed E-state index contributed by atoms with van der Waals surface area (Å²) in [5.41, 5.74) is 10.2. The number of thioether (sulfide) groups is 1. The van der Waals surface area contributed by atoms with Crippen LogP contribution in [0.4, 0.5) is 0 Å². The smallest absolute Gasteiger partial charge is 0.329 e. The van der Waals surface area contributed by atoms with Crippen molar-refractivity contribution in [3.8, 4) is 11.5 Å². The number of nitrogens with two attached hydrogens (primary N) is 1. The number of esters is 1. The molecule has 4 aromatic rings. The number of carbonyl (C=O) groups is 2. The van der Waals surface area contributed by atoms with Crippen LogP contribution in [0.15, 0.2) is 58.1 Å². The summed E-state index contributed by atoms with van der Waals surface area (Å²) >= 11 is 2.37. The van der Waals surface area contributed by atoms with Crippen molar-refractivity contribution in [3.05, 3.63) is 70.4 Å². The number of methoxy groups -OCH3 is 1. The first-order valence-corrected chi connectivity index (χ1v) is 16.3. The highest BCUT2D eigenvalue weighted by Gasteiger charge is 2.22. The average Bonchev–Trinajstić information content (AvgIpc) is 3.64. The van der Waals surface area contributed by atoms with Crippen LogP contribution in [0.1, 0.15) is 11.3 Å². The number of carbonyl (C=O) groups excluding carboxylic acids is 2. The van der Waals surface area contributed by atoms with Crippen molar-refractivity contribution < 1.29 is 32.2 Å². The van der Waals surface area contributed by atoms with E-state index < -0.39 is 27.9 Å². The molecule has 1 amide bonds. The maximum absolute atomic E-state index is 12.7. The molecule has 0 unspecified atom stereocenters. The molecule has 1 atom stereocenters. The number of aromatic nitrogens is 4. The van der Waals surface area contributed by atoms with Gasteiger partial charge in [-0.25, -0.2) is 28.0 Å². The standard InChI is InChI=1S/C25H27N9O7S3/c1-39-24(36)21(15-42-14-16-3-2-4-18(9-16)40-8-7-28-32-26)29-23(35)12-34-11-17(31-33-34)13-41-19-5-6-20-22(10-19)43-25(30-20)44(27,37)38/h2-6,9-11,21H,7-8,12-15H2,1H3,(H,29,35)(H2,27,37,38)/t21-/m1/s1. The number of fused-ring (bicyclic) bond motifs is 1. The number of thiazole rings is 1. The Balaban J connectivity index is 1.26. The van der Waals surface area contributed by atoms with Gasteiger partial charge in [-0.3, -0.25) is 4.79 Å². The number of azide groups is 1. The number of nitrogens with zero attached hydrogens (tertiary/aromatic N) is 7. The number of hydrogen-bond donors (Lipinski definition) is 2. The third-order valence-corrected chi connectivity index (χ3v) is 9.10. The maximum Gasteiger partial charge on any atom is 0.329 e. The van der Waals surface area contributed by atoms with E-state index in [4.69, 9.17) is 24.9 Å². The summed E-state index contributed by atoms with van der Waals surface area (Å²) in [5, 5.41) is 19.2. The molecular formula is C25H27N9O7S3. The Morgan fingerprint density at radius 1 is 1.23 bits per heavy atom. The fraction of sp³-hybridized carbons (Fsp3) is 0.320. The molecule has 19 heteroatoms. The SMILES string of the molecule is COC(=O)[C@@H](CSCc1cccc(OCCN=[N+]=[N-])c1)NC(=O)Cn1cc(COc2ccc3nc(S(N)(=O)=O)sc3c2)nn1. The molecule has 0 aliphatic rings. The Kier molecular flexibility index (Phi) is 11.3. The summed E-state index contributed by atoms with van der Waals surface area (Å²) in [6.07, 6.45) is 1.54. The number of ether oxygens (including phenoxy) is 3. The molecule has 0 spiro atoms. The average molecular weight is 662 g/mol. The predicted octanol–water partition coefficient (Wildman–Crippen LogP) is 2.39. The minimum atomic E-state index is -3.90. The number of primary sulfonamides is 1. The summed E-state index contributed by atoms with van der Waals surface area (Å²) in [7, 11) is -2.66. The molecule has 2 aromatic heterocycles. The van der Waals surface area contributed by atoms with E-state index in [-0.39, 0.29) is 36.4 Å². The van der Waals surface area contributed by atoms with E-state index in [1.54, 1.807) is 24.3 Å². The first-order valence-electron chi connectivity index (χ1n) is 12.8. The summed E-state index contributed by atoms with van der Waals surface area (Å²) in [5.74, 6) is 0.855. The normalized spacial score (nSPS) is 11.9. The first kappa shape index (κ1) is 32.5. The number of hydrogen-bond acceptors (Lipinski definition) is 13.